The number of halogens is 24. The standard InChI is InChI=1S/C21H15ClF3N3O2S.C20H15BrClF3N2O2S.C14H6BrClF3NOS.C14H7ClF3NOS.C7H5BClF3O2.C7H4BrNOS.C6H10ClNO.2CN.BHNS.Zn/c22-16-4-3-12(7-15(16)21(23,24)25)14-11-31-19-13(8-26)9-28(20(30)18(14)19)10-17(29)27-5-1-2-6-27;21-14-8-27(9-16(28)26-5-1-2-6-26)19(29)17-12(10-30-18(14)17)11-3-4-15(22)13(7-11)20(23,24)25;15-9-4-20-13(21)11-7(5-22-12(9)11)6-1-2-10(16)8(3-6)14(17,18)19;15-10-2-1-7(5-9(10)14(16,17)18)8-6-21-11-3-4-19-13(20)12(8)11;9-6-2-1-4(8(13)14)3-5(6)7(10,11)12;8-4-3-11-5-1-2-9-7(10)6(4)5;7-5-6(9)8-3-1-2-4-8;2*1-2;1-2-3;/h3-4,7,9,11H,1-2,5-6,10H2;3-4,7-8,10H,1-2,5-6,9H2;1-5H,(H,20,21);1-6H,(H,19,20);1-3,13-14H;1-3H,(H,9,10);1-5H2;;;3H;/q;;;;;;;2*-1;;+2. The first-order chi connectivity index (χ1) is 68.4. The van der Waals surface area contributed by atoms with E-state index >= 15 is 0 Å². The van der Waals surface area contributed by atoms with Crippen molar-refractivity contribution < 1.29 is 110 Å². The van der Waals surface area contributed by atoms with Crippen LogP contribution >= 0.6 is 187 Å². The third-order valence-corrected chi connectivity index (χ3v) is 30.7. The van der Waals surface area contributed by atoms with Crippen molar-refractivity contribution in [2.24, 2.45) is 4.30 Å². The number of hydrogen-bond acceptors (Lipinski definition) is 20. The van der Waals surface area contributed by atoms with Crippen LogP contribution in [0.5, 0.6) is 0 Å². The minimum atomic E-state index is -4.65. The molecule has 0 saturated carbocycles. The molecule has 0 atom stereocenters. The maximum Gasteiger partial charge on any atom is 2.00 e. The number of hydrogen-bond donors (Lipinski definition) is 6. The summed E-state index contributed by atoms with van der Waals surface area (Å²) in [5.74, 6) is -0.164. The van der Waals surface area contributed by atoms with Gasteiger partial charge in [0.15, 0.2) is 0 Å². The molecule has 22 nitrogen and oxygen atoms in total. The molecule has 5 N–H and O–H groups in total. The van der Waals surface area contributed by atoms with Gasteiger partial charge in [0.05, 0.1) is 108 Å². The molecule has 3 aliphatic heterocycles. The summed E-state index contributed by atoms with van der Waals surface area (Å²) in [6, 6.07) is 22.6. The van der Waals surface area contributed by atoms with Gasteiger partial charge in [-0.2, -0.15) is 71.1 Å². The number of H-pyrrole nitrogens is 3. The molecule has 3 aliphatic rings. The van der Waals surface area contributed by atoms with Crippen LogP contribution in [-0.2, 0) is 77.8 Å². The molecule has 15 aromatic rings. The number of aromatic amines is 3. The SMILES string of the molecule is N#Cc1cn(CC(=O)N2CCCC2)c(=O)c2c(-c3ccc(Cl)c(C(F)(F)F)c3)csc12.O=C(CCl)N1CCCC1.O=C(Cn1cc(Br)c2scc(-c3ccc(Cl)c(C(F)(F)F)c3)c2c1=O)N1CCCC1.O=c1[nH]cc(Br)c2scc(-c3ccc(Cl)c(C(F)(F)F)c3)c12.O=c1[nH]ccc2scc(-c3ccc(Cl)c(C(F)(F)F)c3)c12.O=c1[nH]ccc2scc(Br)c12.OB(O)c1ccc(Cl)c(C(F)(F)F)c1.[B]=NS.[C-]#N.[C-]#N.[Zn+2]. The minimum Gasteiger partial charge on any atom is -0.512 e. The average molecular weight is 2500 g/mol. The molecular formula is C91H63B2Br3Cl6F15N12O10S6Zn. The molecule has 3 saturated heterocycles. The zero-order valence-corrected chi connectivity index (χ0v) is 91.0. The van der Waals surface area contributed by atoms with Gasteiger partial charge in [-0.15, -0.1) is 68.3 Å². The molecule has 55 heteroatoms. The van der Waals surface area contributed by atoms with Gasteiger partial charge < -0.3 is 72.5 Å². The number of thiol groups is 1. The van der Waals surface area contributed by atoms with Crippen LogP contribution in [0.3, 0.4) is 0 Å². The van der Waals surface area contributed by atoms with Crippen LogP contribution in [0.15, 0.2) is 203 Å². The number of aromatic nitrogens is 5. The van der Waals surface area contributed by atoms with Crippen LogP contribution in [0.2, 0.25) is 25.1 Å². The van der Waals surface area contributed by atoms with E-state index in [0.717, 1.165) is 125 Å². The number of amides is 3. The average Bonchev–Trinajstić information content (AvgIpc) is 1.60. The number of nitrogens with zero attached hydrogens (tertiary/aromatic N) is 9. The first kappa shape index (κ1) is 122. The second kappa shape index (κ2) is 53.8. The largest absolute Gasteiger partial charge is 2.00 e. The van der Waals surface area contributed by atoms with Gasteiger partial charge in [-0.1, -0.05) is 88.3 Å². The third kappa shape index (κ3) is 30.5. The van der Waals surface area contributed by atoms with Crippen molar-refractivity contribution in [3.05, 3.63) is 298 Å². The van der Waals surface area contributed by atoms with Crippen LogP contribution in [0.25, 0.3) is 94.9 Å². The Bertz CT molecular complexity index is 7680. The fourth-order valence-corrected chi connectivity index (χ4v) is 22.7. The Morgan fingerprint density at radius 2 is 0.747 bits per heavy atom. The number of carbonyl (C=O) groups excluding carboxylic acids is 3. The molecule has 3 amide bonds. The Kier molecular flexibility index (Phi) is 44.8. The number of pyridine rings is 5. The summed E-state index contributed by atoms with van der Waals surface area (Å²) in [4.78, 5) is 110. The molecule has 3 fully saturated rings. The number of fused-ring (bicyclic) bond motifs is 5. The van der Waals surface area contributed by atoms with E-state index in [9.17, 15) is 109 Å². The van der Waals surface area contributed by atoms with E-state index in [4.69, 9.17) is 103 Å². The van der Waals surface area contributed by atoms with Gasteiger partial charge >= 0.3 is 82.2 Å². The third-order valence-electron chi connectivity index (χ3n) is 21.2. The van der Waals surface area contributed by atoms with Crippen LogP contribution in [0.4, 0.5) is 65.9 Å². The van der Waals surface area contributed by atoms with Crippen molar-refractivity contribution in [3.8, 4) is 50.6 Å². The van der Waals surface area contributed by atoms with Crippen molar-refractivity contribution in [3.63, 3.8) is 0 Å². The van der Waals surface area contributed by atoms with E-state index in [1.807, 2.05) is 22.4 Å². The van der Waals surface area contributed by atoms with Crippen molar-refractivity contribution in [1.82, 2.24) is 38.8 Å². The molecule has 10 aromatic heterocycles. The van der Waals surface area contributed by atoms with Gasteiger partial charge in [0, 0.05) is 133 Å². The van der Waals surface area contributed by atoms with Gasteiger partial charge in [0.2, 0.25) is 17.7 Å². The van der Waals surface area contributed by atoms with Crippen LogP contribution in [0, 0.1) is 35.0 Å². The Morgan fingerprint density at radius 3 is 1.12 bits per heavy atom. The Labute approximate surface area is 911 Å². The molecule has 759 valence electrons. The second-order valence-electron chi connectivity index (χ2n) is 30.2. The minimum absolute atomic E-state index is 0. The molecule has 18 rings (SSSR count). The summed E-state index contributed by atoms with van der Waals surface area (Å²) in [5.41, 5.74) is -4.00. The molecule has 1 radical (unpaired) electrons. The van der Waals surface area contributed by atoms with E-state index in [1.165, 1.54) is 104 Å². The summed E-state index contributed by atoms with van der Waals surface area (Å²) in [6.07, 6.45) is -9.41. The summed E-state index contributed by atoms with van der Waals surface area (Å²) in [5, 5.41) is 47.6. The number of alkyl halides is 16. The van der Waals surface area contributed by atoms with E-state index in [1.54, 1.807) is 61.1 Å². The molecular weight excluding hydrogens is 2440 g/mol. The summed E-state index contributed by atoms with van der Waals surface area (Å²) >= 11 is 53.1. The van der Waals surface area contributed by atoms with E-state index < -0.39 is 92.0 Å². The first-order valence-corrected chi connectivity index (χ1v) is 50.6. The Hall–Kier alpha value is -9.52. The topological polar surface area (TPSA) is 328 Å². The number of thiophene rings is 5. The summed E-state index contributed by atoms with van der Waals surface area (Å²) < 4.78 is 205. The molecule has 0 unspecified atom stereocenters. The van der Waals surface area contributed by atoms with Crippen molar-refractivity contribution in [1.29, 1.82) is 15.8 Å². The predicted molar refractivity (Wildman–Crippen MR) is 551 cm³/mol. The fraction of sp³-hybridized carbons (Fsp3) is 0.220. The monoisotopic (exact) mass is 2490 g/mol. The quantitative estimate of drug-likeness (QED) is 0.0244. The maximum absolute atomic E-state index is 13.3. The van der Waals surface area contributed by atoms with Gasteiger partial charge in [-0.25, -0.2) is 0 Å². The first-order valence-electron chi connectivity index (χ1n) is 41.0. The maximum atomic E-state index is 13.3. The zero-order valence-electron chi connectivity index (χ0n) is 73.8. The number of carbonyl (C=O) groups is 3. The smallest absolute Gasteiger partial charge is 0.512 e. The van der Waals surface area contributed by atoms with E-state index in [-0.39, 0.29) is 121 Å². The summed E-state index contributed by atoms with van der Waals surface area (Å²) in [6.45, 7) is 13.6. The number of likely N-dealkylation sites (tertiary alicyclic amines) is 3. The molecule has 146 heavy (non-hydrogen) atoms. The van der Waals surface area contributed by atoms with Crippen LogP contribution in [0.1, 0.15) is 71.9 Å². The van der Waals surface area contributed by atoms with Gasteiger partial charge in [0.1, 0.15) is 25.0 Å². The van der Waals surface area contributed by atoms with Crippen molar-refractivity contribution in [2.75, 3.05) is 45.1 Å². The van der Waals surface area contributed by atoms with E-state index in [2.05, 4.69) is 87.5 Å². The van der Waals surface area contributed by atoms with Gasteiger partial charge in [0.25, 0.3) is 27.8 Å². The number of rotatable bonds is 10. The van der Waals surface area contributed by atoms with Gasteiger partial charge in [-0.3, -0.25) is 38.4 Å². The second-order valence-corrected chi connectivity index (χ2v) is 39.8. The predicted octanol–water partition coefficient (Wildman–Crippen LogP) is 25.9. The normalized spacial score (nSPS) is 12.7. The van der Waals surface area contributed by atoms with E-state index in [0.29, 0.717) is 93.9 Å². The molecule has 13 heterocycles. The molecule has 0 spiro atoms. The molecule has 0 bridgehead atoms. The van der Waals surface area contributed by atoms with Crippen LogP contribution in [-0.4, -0.2) is 126 Å². The number of nitriles is 1. The Balaban J connectivity index is 0.000000212. The van der Waals surface area contributed by atoms with Crippen LogP contribution < -0.4 is 33.3 Å². The zero-order chi connectivity index (χ0) is 107. The summed E-state index contributed by atoms with van der Waals surface area (Å²) in [7, 11) is 2.40. The number of nitrogens with one attached hydrogen (secondary N) is 3. The Morgan fingerprint density at radius 1 is 0.438 bits per heavy atom. The molecule has 5 aromatic carbocycles. The van der Waals surface area contributed by atoms with Gasteiger partial charge in [-0.05, 0) is 187 Å². The number of benzene rings is 5. The van der Waals surface area contributed by atoms with Crippen molar-refractivity contribution in [2.45, 2.75) is 82.5 Å². The fourth-order valence-electron chi connectivity index (χ4n) is 14.5. The van der Waals surface area contributed by atoms with Crippen molar-refractivity contribution >= 4 is 275 Å². The molecule has 0 aliphatic carbocycles.